The van der Waals surface area contributed by atoms with Gasteiger partial charge in [-0.1, -0.05) is 23.7 Å². The van der Waals surface area contributed by atoms with Gasteiger partial charge in [0.1, 0.15) is 10.6 Å². The quantitative estimate of drug-likeness (QED) is 0.525. The van der Waals surface area contributed by atoms with Gasteiger partial charge in [0, 0.05) is 11.9 Å². The van der Waals surface area contributed by atoms with Crippen LogP contribution in [0.3, 0.4) is 0 Å². The molecule has 0 radical (unpaired) electrons. The number of thiophene rings is 1. The van der Waals surface area contributed by atoms with Crippen LogP contribution >= 0.6 is 22.9 Å². The average molecular weight is 373 g/mol. The van der Waals surface area contributed by atoms with Crippen molar-refractivity contribution in [3.8, 4) is 5.75 Å². The summed E-state index contributed by atoms with van der Waals surface area (Å²) in [6.45, 7) is 4.64. The molecule has 0 aliphatic heterocycles. The van der Waals surface area contributed by atoms with Gasteiger partial charge in [0.25, 0.3) is 0 Å². The molecule has 5 nitrogen and oxygen atoms in total. The van der Waals surface area contributed by atoms with E-state index in [0.29, 0.717) is 6.54 Å². The first-order chi connectivity index (χ1) is 12.1. The molecule has 2 N–H and O–H groups in total. The largest absolute Gasteiger partial charge is 0.497 e. The number of nitrogens with one attached hydrogen (secondary N) is 2. The number of hydrogen-bond donors (Lipinski definition) is 2. The molecule has 25 heavy (non-hydrogen) atoms. The summed E-state index contributed by atoms with van der Waals surface area (Å²) in [5.41, 5.74) is 4.05. The molecular formula is C18H17ClN4OS. The van der Waals surface area contributed by atoms with Crippen LogP contribution in [0.5, 0.6) is 5.75 Å². The second-order valence-corrected chi connectivity index (χ2v) is 7.27. The molecule has 0 unspecified atom stereocenters. The number of benzene rings is 1. The molecule has 0 saturated carbocycles. The molecule has 0 atom stereocenters. The number of pyridine rings is 1. The van der Waals surface area contributed by atoms with Gasteiger partial charge >= 0.3 is 0 Å². The molecule has 7 heteroatoms. The normalized spacial score (nSPS) is 11.4. The zero-order valence-electron chi connectivity index (χ0n) is 14.1. The number of halogens is 1. The lowest BCUT2D eigenvalue weighted by atomic mass is 10.1. The standard InChI is InChI=1S/C18H17ClN4OS/c1-9-13-15-16(25-18(13)21-10(2)14(9)19)17(23-22-15)20-8-11-4-6-12(24-3)7-5-11/h4-7H,8H2,1-3H3,(H2,20,22,23). The minimum absolute atomic E-state index is 0.685. The molecule has 0 saturated heterocycles. The molecule has 128 valence electrons. The van der Waals surface area contributed by atoms with Crippen molar-refractivity contribution in [1.29, 1.82) is 0 Å². The number of H-pyrrole nitrogens is 1. The zero-order valence-corrected chi connectivity index (χ0v) is 15.7. The Balaban J connectivity index is 1.68. The number of anilines is 1. The number of rotatable bonds is 4. The summed E-state index contributed by atoms with van der Waals surface area (Å²) < 4.78 is 6.26. The molecule has 0 aliphatic carbocycles. The summed E-state index contributed by atoms with van der Waals surface area (Å²) in [5.74, 6) is 1.69. The molecule has 0 bridgehead atoms. The second-order valence-electron chi connectivity index (χ2n) is 5.90. The first-order valence-corrected chi connectivity index (χ1v) is 9.08. The number of ether oxygens (including phenoxy) is 1. The summed E-state index contributed by atoms with van der Waals surface area (Å²) in [7, 11) is 1.67. The lowest BCUT2D eigenvalue weighted by Crippen LogP contribution is -1.99. The number of aromatic nitrogens is 3. The molecule has 0 amide bonds. The Morgan fingerprint density at radius 3 is 2.72 bits per heavy atom. The Morgan fingerprint density at radius 2 is 2.00 bits per heavy atom. The number of nitrogens with zero attached hydrogens (tertiary/aromatic N) is 2. The highest BCUT2D eigenvalue weighted by atomic mass is 35.5. The van der Waals surface area contributed by atoms with Crippen LogP contribution in [0.25, 0.3) is 20.4 Å². The Labute approximate surface area is 154 Å². The third kappa shape index (κ3) is 2.71. The molecular weight excluding hydrogens is 356 g/mol. The molecule has 3 aromatic heterocycles. The molecule has 1 aromatic carbocycles. The van der Waals surface area contributed by atoms with E-state index in [1.165, 1.54) is 0 Å². The van der Waals surface area contributed by atoms with Crippen molar-refractivity contribution in [3.05, 3.63) is 46.1 Å². The van der Waals surface area contributed by atoms with Gasteiger partial charge in [-0.25, -0.2) is 4.98 Å². The molecule has 0 fully saturated rings. The van der Waals surface area contributed by atoms with Crippen LogP contribution in [0.2, 0.25) is 5.02 Å². The summed E-state index contributed by atoms with van der Waals surface area (Å²) in [4.78, 5) is 5.60. The highest BCUT2D eigenvalue weighted by Crippen LogP contribution is 2.39. The third-order valence-corrected chi connectivity index (χ3v) is 5.94. The molecule has 4 aromatic rings. The van der Waals surface area contributed by atoms with Crippen LogP contribution in [0.4, 0.5) is 5.82 Å². The maximum atomic E-state index is 6.37. The third-order valence-electron chi connectivity index (χ3n) is 4.29. The van der Waals surface area contributed by atoms with Crippen LogP contribution in [0.15, 0.2) is 24.3 Å². The Kier molecular flexibility index (Phi) is 4.01. The Morgan fingerprint density at radius 1 is 1.24 bits per heavy atom. The van der Waals surface area contributed by atoms with Crippen LogP contribution < -0.4 is 10.1 Å². The number of aryl methyl sites for hydroxylation is 2. The van der Waals surface area contributed by atoms with E-state index in [1.807, 2.05) is 38.1 Å². The second kappa shape index (κ2) is 6.20. The zero-order chi connectivity index (χ0) is 17.6. The average Bonchev–Trinajstić information content (AvgIpc) is 3.17. The van der Waals surface area contributed by atoms with E-state index in [9.17, 15) is 0 Å². The smallest absolute Gasteiger partial charge is 0.166 e. The highest BCUT2D eigenvalue weighted by molar-refractivity contribution is 7.26. The van der Waals surface area contributed by atoms with E-state index in [-0.39, 0.29) is 0 Å². The van der Waals surface area contributed by atoms with Crippen LogP contribution in [0, 0.1) is 13.8 Å². The first-order valence-electron chi connectivity index (χ1n) is 7.88. The van der Waals surface area contributed by atoms with Crippen LogP contribution in [-0.4, -0.2) is 22.3 Å². The van der Waals surface area contributed by atoms with E-state index in [2.05, 4.69) is 20.5 Å². The van der Waals surface area contributed by atoms with E-state index in [1.54, 1.807) is 18.4 Å². The van der Waals surface area contributed by atoms with Crippen molar-refractivity contribution < 1.29 is 4.74 Å². The van der Waals surface area contributed by atoms with Gasteiger partial charge in [0.05, 0.1) is 28.0 Å². The summed E-state index contributed by atoms with van der Waals surface area (Å²) >= 11 is 8.00. The fourth-order valence-electron chi connectivity index (χ4n) is 2.91. The fourth-order valence-corrected chi connectivity index (χ4v) is 4.25. The van der Waals surface area contributed by atoms with Crippen molar-refractivity contribution in [3.63, 3.8) is 0 Å². The van der Waals surface area contributed by atoms with Crippen molar-refractivity contribution in [2.45, 2.75) is 20.4 Å². The lowest BCUT2D eigenvalue weighted by Gasteiger charge is -2.04. The monoisotopic (exact) mass is 372 g/mol. The SMILES string of the molecule is COc1ccc(CNc2n[nH]c3c2sc2nc(C)c(Cl)c(C)c23)cc1. The predicted octanol–water partition coefficient (Wildman–Crippen LogP) is 5.06. The van der Waals surface area contributed by atoms with Gasteiger partial charge in [0.2, 0.25) is 0 Å². The van der Waals surface area contributed by atoms with Gasteiger partial charge in [-0.2, -0.15) is 5.10 Å². The molecule has 3 heterocycles. The predicted molar refractivity (Wildman–Crippen MR) is 104 cm³/mol. The highest BCUT2D eigenvalue weighted by Gasteiger charge is 2.17. The van der Waals surface area contributed by atoms with E-state index >= 15 is 0 Å². The van der Waals surface area contributed by atoms with Crippen LogP contribution in [0.1, 0.15) is 16.8 Å². The van der Waals surface area contributed by atoms with Gasteiger partial charge in [-0.05, 0) is 37.1 Å². The summed E-state index contributed by atoms with van der Waals surface area (Å²) in [6, 6.07) is 7.98. The lowest BCUT2D eigenvalue weighted by molar-refractivity contribution is 0.414. The number of fused-ring (bicyclic) bond motifs is 3. The van der Waals surface area contributed by atoms with Crippen molar-refractivity contribution in [2.24, 2.45) is 0 Å². The molecule has 0 spiro atoms. The van der Waals surface area contributed by atoms with Crippen molar-refractivity contribution in [2.75, 3.05) is 12.4 Å². The summed E-state index contributed by atoms with van der Waals surface area (Å²) in [5, 5.41) is 12.7. The Bertz CT molecular complexity index is 1070. The first kappa shape index (κ1) is 16.2. The van der Waals surface area contributed by atoms with E-state index < -0.39 is 0 Å². The number of aromatic amines is 1. The molecule has 0 aliphatic rings. The van der Waals surface area contributed by atoms with Crippen molar-refractivity contribution >= 4 is 49.2 Å². The van der Waals surface area contributed by atoms with Gasteiger partial charge in [-0.15, -0.1) is 11.3 Å². The maximum Gasteiger partial charge on any atom is 0.166 e. The van der Waals surface area contributed by atoms with E-state index in [0.717, 1.165) is 53.8 Å². The fraction of sp³-hybridized carbons (Fsp3) is 0.222. The maximum absolute atomic E-state index is 6.37. The minimum atomic E-state index is 0.685. The van der Waals surface area contributed by atoms with Crippen LogP contribution in [-0.2, 0) is 6.54 Å². The van der Waals surface area contributed by atoms with Gasteiger partial charge in [0.15, 0.2) is 5.82 Å². The number of hydrogen-bond acceptors (Lipinski definition) is 5. The Hall–Kier alpha value is -2.31. The summed E-state index contributed by atoms with van der Waals surface area (Å²) in [6.07, 6.45) is 0. The van der Waals surface area contributed by atoms with E-state index in [4.69, 9.17) is 16.3 Å². The minimum Gasteiger partial charge on any atom is -0.497 e. The molecule has 4 rings (SSSR count). The van der Waals surface area contributed by atoms with Gasteiger partial charge < -0.3 is 10.1 Å². The van der Waals surface area contributed by atoms with Gasteiger partial charge in [-0.3, -0.25) is 5.10 Å². The van der Waals surface area contributed by atoms with Crippen molar-refractivity contribution in [1.82, 2.24) is 15.2 Å². The topological polar surface area (TPSA) is 62.8 Å². The number of methoxy groups -OCH3 is 1.